The lowest BCUT2D eigenvalue weighted by Crippen LogP contribution is -2.49. The first-order valence-corrected chi connectivity index (χ1v) is 8.04. The number of amides is 1. The maximum Gasteiger partial charge on any atom is 0.266 e. The van der Waals surface area contributed by atoms with Gasteiger partial charge in [0, 0.05) is 30.5 Å². The topological polar surface area (TPSA) is 62.7 Å². The third kappa shape index (κ3) is 4.94. The van der Waals surface area contributed by atoms with Gasteiger partial charge in [-0.25, -0.2) is 0 Å². The number of aliphatic hydroxyl groups excluding tert-OH is 1. The fourth-order valence-corrected chi connectivity index (χ4v) is 2.43. The summed E-state index contributed by atoms with van der Waals surface area (Å²) in [5.74, 6) is 0.346. The Morgan fingerprint density at radius 1 is 1.29 bits per heavy atom. The number of ether oxygens (including phenoxy) is 1. The first kappa shape index (κ1) is 18.2. The summed E-state index contributed by atoms with van der Waals surface area (Å²) in [7, 11) is 0. The van der Waals surface area contributed by atoms with E-state index in [1.807, 2.05) is 12.1 Å². The van der Waals surface area contributed by atoms with Crippen LogP contribution in [0.2, 0.25) is 5.02 Å². The molecular formula is C18H21ClN2O3. The monoisotopic (exact) mass is 348 g/mol. The van der Waals surface area contributed by atoms with Crippen LogP contribution in [-0.4, -0.2) is 39.7 Å². The van der Waals surface area contributed by atoms with Crippen LogP contribution in [0.5, 0.6) is 5.75 Å². The quantitative estimate of drug-likeness (QED) is 0.835. The molecular weight excluding hydrogens is 328 g/mol. The number of aromatic nitrogens is 1. The second kappa shape index (κ2) is 8.13. The molecule has 0 aliphatic carbocycles. The van der Waals surface area contributed by atoms with Crippen molar-refractivity contribution in [3.05, 3.63) is 59.4 Å². The van der Waals surface area contributed by atoms with Crippen molar-refractivity contribution in [2.24, 2.45) is 0 Å². The standard InChI is InChI=1S/C18H21ClN2O3/c1-18(2,24-16-7-5-15(19)6-8-16)17(23)21(10-11-22)13-14-4-3-9-20-12-14/h3-9,12,22H,10-11,13H2,1-2H3. The van der Waals surface area contributed by atoms with Crippen molar-refractivity contribution in [1.29, 1.82) is 0 Å². The minimum atomic E-state index is -1.08. The Bertz CT molecular complexity index is 660. The van der Waals surface area contributed by atoms with Gasteiger partial charge in [0.15, 0.2) is 5.60 Å². The van der Waals surface area contributed by atoms with E-state index >= 15 is 0 Å². The molecule has 0 unspecified atom stereocenters. The molecule has 1 amide bonds. The number of halogens is 1. The SMILES string of the molecule is CC(C)(Oc1ccc(Cl)cc1)C(=O)N(CCO)Cc1cccnc1. The van der Waals surface area contributed by atoms with Crippen LogP contribution in [0, 0.1) is 0 Å². The first-order chi connectivity index (χ1) is 11.4. The van der Waals surface area contributed by atoms with Crippen molar-refractivity contribution in [3.8, 4) is 5.75 Å². The number of carbonyl (C=O) groups excluding carboxylic acids is 1. The molecule has 1 N–H and O–H groups in total. The molecule has 1 heterocycles. The summed E-state index contributed by atoms with van der Waals surface area (Å²) in [5.41, 5.74) is -0.188. The Morgan fingerprint density at radius 3 is 2.58 bits per heavy atom. The minimum Gasteiger partial charge on any atom is -0.478 e. The van der Waals surface area contributed by atoms with Crippen molar-refractivity contribution >= 4 is 17.5 Å². The molecule has 0 saturated carbocycles. The van der Waals surface area contributed by atoms with Gasteiger partial charge in [0.1, 0.15) is 5.75 Å². The highest BCUT2D eigenvalue weighted by Gasteiger charge is 2.34. The number of nitrogens with zero attached hydrogens (tertiary/aromatic N) is 2. The summed E-state index contributed by atoms with van der Waals surface area (Å²) in [6, 6.07) is 10.5. The zero-order valence-electron chi connectivity index (χ0n) is 13.8. The zero-order valence-corrected chi connectivity index (χ0v) is 14.5. The molecule has 24 heavy (non-hydrogen) atoms. The highest BCUT2D eigenvalue weighted by Crippen LogP contribution is 2.23. The summed E-state index contributed by atoms with van der Waals surface area (Å²) in [5, 5.41) is 9.89. The van der Waals surface area contributed by atoms with E-state index in [1.54, 1.807) is 55.4 Å². The van der Waals surface area contributed by atoms with Gasteiger partial charge in [-0.2, -0.15) is 0 Å². The summed E-state index contributed by atoms with van der Waals surface area (Å²) in [6.07, 6.45) is 3.37. The molecule has 0 saturated heterocycles. The van der Waals surface area contributed by atoms with E-state index in [1.165, 1.54) is 0 Å². The Balaban J connectivity index is 2.12. The van der Waals surface area contributed by atoms with Crippen LogP contribution >= 0.6 is 11.6 Å². The van der Waals surface area contributed by atoms with Gasteiger partial charge in [-0.05, 0) is 49.7 Å². The number of aliphatic hydroxyl groups is 1. The molecule has 0 spiro atoms. The van der Waals surface area contributed by atoms with E-state index in [4.69, 9.17) is 16.3 Å². The number of hydrogen-bond donors (Lipinski definition) is 1. The number of hydrogen-bond acceptors (Lipinski definition) is 4. The average molecular weight is 349 g/mol. The summed E-state index contributed by atoms with van der Waals surface area (Å²) in [4.78, 5) is 18.5. The molecule has 0 bridgehead atoms. The lowest BCUT2D eigenvalue weighted by Gasteiger charge is -2.32. The molecule has 2 rings (SSSR count). The third-order valence-electron chi connectivity index (χ3n) is 3.46. The molecule has 1 aromatic heterocycles. The number of pyridine rings is 1. The highest BCUT2D eigenvalue weighted by atomic mass is 35.5. The van der Waals surface area contributed by atoms with Gasteiger partial charge in [0.2, 0.25) is 0 Å². The fraction of sp³-hybridized carbons (Fsp3) is 0.333. The Labute approximate surface area is 146 Å². The van der Waals surface area contributed by atoms with E-state index in [-0.39, 0.29) is 19.1 Å². The number of benzene rings is 1. The van der Waals surface area contributed by atoms with Gasteiger partial charge in [0.25, 0.3) is 5.91 Å². The lowest BCUT2D eigenvalue weighted by atomic mass is 10.1. The molecule has 0 fully saturated rings. The third-order valence-corrected chi connectivity index (χ3v) is 3.71. The Morgan fingerprint density at radius 2 is 2.00 bits per heavy atom. The molecule has 0 radical (unpaired) electrons. The molecule has 6 heteroatoms. The zero-order chi connectivity index (χ0) is 17.6. The van der Waals surface area contributed by atoms with Crippen molar-refractivity contribution in [1.82, 2.24) is 9.88 Å². The largest absolute Gasteiger partial charge is 0.478 e. The normalized spacial score (nSPS) is 11.2. The van der Waals surface area contributed by atoms with Crippen molar-refractivity contribution in [2.45, 2.75) is 26.0 Å². The summed E-state index contributed by atoms with van der Waals surface area (Å²) in [6.45, 7) is 3.87. The number of rotatable bonds is 7. The van der Waals surface area contributed by atoms with Gasteiger partial charge < -0.3 is 14.7 Å². The van der Waals surface area contributed by atoms with E-state index in [0.717, 1.165) is 5.56 Å². The van der Waals surface area contributed by atoms with Gasteiger partial charge in [0.05, 0.1) is 6.61 Å². The second-order valence-corrected chi connectivity index (χ2v) is 6.31. The summed E-state index contributed by atoms with van der Waals surface area (Å²) < 4.78 is 5.84. The van der Waals surface area contributed by atoms with Gasteiger partial charge >= 0.3 is 0 Å². The minimum absolute atomic E-state index is 0.122. The van der Waals surface area contributed by atoms with Crippen LogP contribution in [-0.2, 0) is 11.3 Å². The maximum absolute atomic E-state index is 12.9. The van der Waals surface area contributed by atoms with E-state index in [0.29, 0.717) is 17.3 Å². The lowest BCUT2D eigenvalue weighted by molar-refractivity contribution is -0.146. The van der Waals surface area contributed by atoms with Crippen LogP contribution in [0.3, 0.4) is 0 Å². The summed E-state index contributed by atoms with van der Waals surface area (Å²) >= 11 is 5.86. The predicted octanol–water partition coefficient (Wildman–Crippen LogP) is 2.91. The van der Waals surface area contributed by atoms with Crippen molar-refractivity contribution in [3.63, 3.8) is 0 Å². The molecule has 5 nitrogen and oxygen atoms in total. The molecule has 0 aliphatic heterocycles. The Kier molecular flexibility index (Phi) is 6.17. The molecule has 2 aromatic rings. The van der Waals surface area contributed by atoms with Gasteiger partial charge in [-0.1, -0.05) is 17.7 Å². The van der Waals surface area contributed by atoms with Crippen molar-refractivity contribution in [2.75, 3.05) is 13.2 Å². The average Bonchev–Trinajstić information content (AvgIpc) is 2.57. The van der Waals surface area contributed by atoms with E-state index in [2.05, 4.69) is 4.98 Å². The van der Waals surface area contributed by atoms with Crippen LogP contribution in [0.1, 0.15) is 19.4 Å². The Hall–Kier alpha value is -2.11. The predicted molar refractivity (Wildman–Crippen MR) is 92.9 cm³/mol. The molecule has 0 aliphatic rings. The van der Waals surface area contributed by atoms with Crippen LogP contribution in [0.15, 0.2) is 48.8 Å². The van der Waals surface area contributed by atoms with Crippen LogP contribution in [0.25, 0.3) is 0 Å². The van der Waals surface area contributed by atoms with Gasteiger partial charge in [-0.3, -0.25) is 9.78 Å². The van der Waals surface area contributed by atoms with Crippen LogP contribution < -0.4 is 4.74 Å². The fourth-order valence-electron chi connectivity index (χ4n) is 2.31. The van der Waals surface area contributed by atoms with Gasteiger partial charge in [-0.15, -0.1) is 0 Å². The van der Waals surface area contributed by atoms with E-state index in [9.17, 15) is 9.90 Å². The maximum atomic E-state index is 12.9. The molecule has 1 aromatic carbocycles. The molecule has 0 atom stereocenters. The number of carbonyl (C=O) groups is 1. The first-order valence-electron chi connectivity index (χ1n) is 7.66. The van der Waals surface area contributed by atoms with Crippen molar-refractivity contribution < 1.29 is 14.6 Å². The highest BCUT2D eigenvalue weighted by molar-refractivity contribution is 6.30. The van der Waals surface area contributed by atoms with Crippen LogP contribution in [0.4, 0.5) is 0 Å². The smallest absolute Gasteiger partial charge is 0.266 e. The van der Waals surface area contributed by atoms with E-state index < -0.39 is 5.60 Å². The second-order valence-electron chi connectivity index (χ2n) is 5.88. The molecule has 128 valence electrons.